The van der Waals surface area contributed by atoms with Crippen LogP contribution in [0.4, 0.5) is 0 Å². The average Bonchev–Trinajstić information content (AvgIpc) is 3.37. The lowest BCUT2D eigenvalue weighted by atomic mass is 9.91. The fourth-order valence-electron chi connectivity index (χ4n) is 4.47. The maximum Gasteiger partial charge on any atom is 0.241 e. The van der Waals surface area contributed by atoms with Crippen LogP contribution in [0.5, 0.6) is 0 Å². The Bertz CT molecular complexity index is 776. The van der Waals surface area contributed by atoms with Crippen LogP contribution in [0.15, 0.2) is 54.6 Å². The summed E-state index contributed by atoms with van der Waals surface area (Å²) in [5, 5.41) is 3.26. The Hall–Kier alpha value is -2.21. The van der Waals surface area contributed by atoms with Gasteiger partial charge < -0.3 is 5.32 Å². The van der Waals surface area contributed by atoms with E-state index in [0.717, 1.165) is 45.4 Å². The van der Waals surface area contributed by atoms with E-state index in [1.165, 1.54) is 16.7 Å². The van der Waals surface area contributed by atoms with Crippen molar-refractivity contribution >= 4 is 5.91 Å². The number of hydrazine groups is 1. The number of hydrogen-bond acceptors (Lipinski definition) is 4. The van der Waals surface area contributed by atoms with Crippen LogP contribution in [-0.2, 0) is 24.2 Å². The van der Waals surface area contributed by atoms with Gasteiger partial charge in [0.1, 0.15) is 5.54 Å². The molecule has 0 spiro atoms. The van der Waals surface area contributed by atoms with Crippen molar-refractivity contribution in [3.63, 3.8) is 0 Å². The second-order valence-electron chi connectivity index (χ2n) is 8.17. The molecule has 28 heavy (non-hydrogen) atoms. The minimum atomic E-state index is -0.522. The standard InChI is InChI=1S/C23H30N4O/c1-27(17-18-7-3-2-4-8-18)23(13-20-9-5-6-10-21(20)14-23)22(28)24-12-11-19-15-25-26-16-19/h2-10,19,25-26H,11-17H2,1H3,(H,24,28). The fraction of sp³-hybridized carbons (Fsp3) is 0.435. The van der Waals surface area contributed by atoms with Crippen LogP contribution in [0.25, 0.3) is 0 Å². The predicted molar refractivity (Wildman–Crippen MR) is 112 cm³/mol. The van der Waals surface area contributed by atoms with Gasteiger partial charge in [-0.1, -0.05) is 54.6 Å². The van der Waals surface area contributed by atoms with E-state index in [1.54, 1.807) is 0 Å². The molecule has 3 N–H and O–H groups in total. The van der Waals surface area contributed by atoms with Crippen molar-refractivity contribution in [1.29, 1.82) is 0 Å². The Morgan fingerprint density at radius 1 is 1.04 bits per heavy atom. The van der Waals surface area contributed by atoms with E-state index in [0.29, 0.717) is 5.92 Å². The van der Waals surface area contributed by atoms with Gasteiger partial charge in [0.15, 0.2) is 0 Å². The molecule has 0 unspecified atom stereocenters. The smallest absolute Gasteiger partial charge is 0.241 e. The molecule has 2 aromatic rings. The van der Waals surface area contributed by atoms with Crippen molar-refractivity contribution in [2.75, 3.05) is 26.7 Å². The van der Waals surface area contributed by atoms with Gasteiger partial charge in [0, 0.05) is 39.0 Å². The molecular formula is C23H30N4O. The average molecular weight is 379 g/mol. The summed E-state index contributed by atoms with van der Waals surface area (Å²) in [6.45, 7) is 3.43. The molecule has 0 atom stereocenters. The van der Waals surface area contributed by atoms with E-state index < -0.39 is 5.54 Å². The molecule has 2 aliphatic rings. The number of amides is 1. The largest absolute Gasteiger partial charge is 0.354 e. The van der Waals surface area contributed by atoms with Crippen LogP contribution in [-0.4, -0.2) is 43.0 Å². The van der Waals surface area contributed by atoms with Crippen LogP contribution < -0.4 is 16.2 Å². The first kappa shape index (κ1) is 19.1. The number of nitrogens with one attached hydrogen (secondary N) is 3. The van der Waals surface area contributed by atoms with Crippen LogP contribution in [0.3, 0.4) is 0 Å². The van der Waals surface area contributed by atoms with Gasteiger partial charge >= 0.3 is 0 Å². The summed E-state index contributed by atoms with van der Waals surface area (Å²) >= 11 is 0. The highest BCUT2D eigenvalue weighted by atomic mass is 16.2. The van der Waals surface area contributed by atoms with Gasteiger partial charge in [-0.3, -0.25) is 20.5 Å². The number of fused-ring (bicyclic) bond motifs is 1. The first-order chi connectivity index (χ1) is 13.7. The summed E-state index contributed by atoms with van der Waals surface area (Å²) in [6.07, 6.45) is 2.53. The second kappa shape index (κ2) is 8.43. The molecule has 0 radical (unpaired) electrons. The van der Waals surface area contributed by atoms with Crippen molar-refractivity contribution in [3.8, 4) is 0 Å². The molecule has 1 amide bonds. The van der Waals surface area contributed by atoms with Crippen molar-refractivity contribution in [2.45, 2.75) is 31.3 Å². The van der Waals surface area contributed by atoms with E-state index in [1.807, 2.05) is 6.07 Å². The molecule has 1 fully saturated rings. The Balaban J connectivity index is 1.49. The van der Waals surface area contributed by atoms with Gasteiger partial charge in [-0.25, -0.2) is 0 Å². The molecule has 5 nitrogen and oxygen atoms in total. The van der Waals surface area contributed by atoms with Crippen LogP contribution in [0.1, 0.15) is 23.1 Å². The van der Waals surface area contributed by atoms with Crippen molar-refractivity contribution in [3.05, 3.63) is 71.3 Å². The minimum Gasteiger partial charge on any atom is -0.354 e. The summed E-state index contributed by atoms with van der Waals surface area (Å²) in [5.74, 6) is 0.736. The summed E-state index contributed by atoms with van der Waals surface area (Å²) in [6, 6.07) is 18.9. The zero-order chi connectivity index (χ0) is 19.4. The zero-order valence-corrected chi connectivity index (χ0v) is 16.6. The zero-order valence-electron chi connectivity index (χ0n) is 16.6. The third-order valence-electron chi connectivity index (χ3n) is 6.24. The summed E-state index contributed by atoms with van der Waals surface area (Å²) in [7, 11) is 2.09. The van der Waals surface area contributed by atoms with Crippen molar-refractivity contribution in [1.82, 2.24) is 21.1 Å². The van der Waals surface area contributed by atoms with Gasteiger partial charge in [0.2, 0.25) is 5.91 Å². The number of carbonyl (C=O) groups excluding carboxylic acids is 1. The van der Waals surface area contributed by atoms with Gasteiger partial charge in [0.25, 0.3) is 0 Å². The summed E-state index contributed by atoms with van der Waals surface area (Å²) < 4.78 is 0. The highest BCUT2D eigenvalue weighted by Gasteiger charge is 2.46. The van der Waals surface area contributed by atoms with Crippen LogP contribution >= 0.6 is 0 Å². The molecule has 5 heteroatoms. The van der Waals surface area contributed by atoms with Gasteiger partial charge in [-0.15, -0.1) is 0 Å². The quantitative estimate of drug-likeness (QED) is 0.689. The molecule has 148 valence electrons. The lowest BCUT2D eigenvalue weighted by Crippen LogP contribution is -2.58. The Morgan fingerprint density at radius 3 is 2.29 bits per heavy atom. The van der Waals surface area contributed by atoms with E-state index in [2.05, 4.69) is 76.6 Å². The molecular weight excluding hydrogens is 348 g/mol. The fourth-order valence-corrected chi connectivity index (χ4v) is 4.47. The first-order valence-corrected chi connectivity index (χ1v) is 10.2. The van der Waals surface area contributed by atoms with E-state index in [4.69, 9.17) is 0 Å². The second-order valence-corrected chi connectivity index (χ2v) is 8.17. The number of nitrogens with zero attached hydrogens (tertiary/aromatic N) is 1. The predicted octanol–water partition coefficient (Wildman–Crippen LogP) is 1.89. The lowest BCUT2D eigenvalue weighted by molar-refractivity contribution is -0.132. The van der Waals surface area contributed by atoms with E-state index >= 15 is 0 Å². The van der Waals surface area contributed by atoms with Gasteiger partial charge in [-0.2, -0.15) is 0 Å². The molecule has 1 aliphatic heterocycles. The Labute approximate surface area is 167 Å². The topological polar surface area (TPSA) is 56.4 Å². The van der Waals surface area contributed by atoms with Crippen molar-refractivity contribution < 1.29 is 4.79 Å². The molecule has 0 bridgehead atoms. The third kappa shape index (κ3) is 3.97. The first-order valence-electron chi connectivity index (χ1n) is 10.2. The monoisotopic (exact) mass is 378 g/mol. The van der Waals surface area contributed by atoms with Crippen LogP contribution in [0.2, 0.25) is 0 Å². The number of hydrogen-bond donors (Lipinski definition) is 3. The SMILES string of the molecule is CN(Cc1ccccc1)C1(C(=O)NCCC2CNNC2)Cc2ccccc2C1. The van der Waals surface area contributed by atoms with Gasteiger partial charge in [0.05, 0.1) is 0 Å². The Morgan fingerprint density at radius 2 is 1.64 bits per heavy atom. The van der Waals surface area contributed by atoms with E-state index in [-0.39, 0.29) is 5.91 Å². The third-order valence-corrected chi connectivity index (χ3v) is 6.24. The highest BCUT2D eigenvalue weighted by molar-refractivity contribution is 5.88. The maximum atomic E-state index is 13.5. The minimum absolute atomic E-state index is 0.154. The molecule has 0 aromatic heterocycles. The highest BCUT2D eigenvalue weighted by Crippen LogP contribution is 2.35. The molecule has 1 heterocycles. The van der Waals surface area contributed by atoms with Crippen LogP contribution in [0, 0.1) is 5.92 Å². The van der Waals surface area contributed by atoms with Crippen molar-refractivity contribution in [2.24, 2.45) is 5.92 Å². The Kier molecular flexibility index (Phi) is 5.76. The molecule has 0 saturated carbocycles. The summed E-state index contributed by atoms with van der Waals surface area (Å²) in [5.41, 5.74) is 9.62. The number of carbonyl (C=O) groups is 1. The molecule has 1 saturated heterocycles. The lowest BCUT2D eigenvalue weighted by Gasteiger charge is -2.37. The van der Waals surface area contributed by atoms with Gasteiger partial charge in [-0.05, 0) is 36.1 Å². The number of benzene rings is 2. The molecule has 4 rings (SSSR count). The number of rotatable bonds is 7. The number of likely N-dealkylation sites (N-methyl/N-ethyl adjacent to an activating group) is 1. The van der Waals surface area contributed by atoms with E-state index in [9.17, 15) is 4.79 Å². The normalized spacial score (nSPS) is 18.4. The molecule has 2 aromatic carbocycles. The molecule has 1 aliphatic carbocycles. The maximum absolute atomic E-state index is 13.5. The summed E-state index contributed by atoms with van der Waals surface area (Å²) in [4.78, 5) is 15.7.